The van der Waals surface area contributed by atoms with Crippen LogP contribution in [0.1, 0.15) is 5.56 Å². The Hall–Kier alpha value is -2.17. The van der Waals surface area contributed by atoms with Gasteiger partial charge in [0.05, 0.1) is 4.92 Å². The normalized spacial score (nSPS) is 11.0. The number of non-ortho nitro benzene ring substituents is 1. The number of nitro benzene ring substituents is 1. The van der Waals surface area contributed by atoms with Gasteiger partial charge in [0, 0.05) is 30.1 Å². The number of nitro groups is 1. The van der Waals surface area contributed by atoms with E-state index in [1.165, 1.54) is 18.3 Å². The van der Waals surface area contributed by atoms with Gasteiger partial charge in [0.25, 0.3) is 5.69 Å². The van der Waals surface area contributed by atoms with Crippen molar-refractivity contribution in [3.63, 3.8) is 0 Å². The Balaban J connectivity index is 3.05. The van der Waals surface area contributed by atoms with Crippen molar-refractivity contribution < 1.29 is 4.92 Å². The van der Waals surface area contributed by atoms with Crippen LogP contribution in [0.2, 0.25) is 0 Å². The summed E-state index contributed by atoms with van der Waals surface area (Å²) < 4.78 is 0. The van der Waals surface area contributed by atoms with Crippen molar-refractivity contribution in [3.8, 4) is 0 Å². The first-order chi connectivity index (χ1) is 6.69. The molecule has 5 nitrogen and oxygen atoms in total. The molecule has 0 aliphatic heterocycles. The quantitative estimate of drug-likeness (QED) is 0.431. The Labute approximate surface area is 80.5 Å². The van der Waals surface area contributed by atoms with Gasteiger partial charge < -0.3 is 11.1 Å². The van der Waals surface area contributed by atoms with Crippen molar-refractivity contribution in [2.75, 3.05) is 0 Å². The number of hydrogen-bond acceptors (Lipinski definition) is 4. The molecule has 1 aromatic carbocycles. The zero-order valence-electron chi connectivity index (χ0n) is 7.31. The zero-order chi connectivity index (χ0) is 10.6. The average molecular weight is 191 g/mol. The molecule has 1 aromatic rings. The Morgan fingerprint density at radius 1 is 1.43 bits per heavy atom. The van der Waals surface area contributed by atoms with Crippen molar-refractivity contribution in [2.24, 2.45) is 5.73 Å². The maximum atomic E-state index is 10.3. The Morgan fingerprint density at radius 2 is 2.00 bits per heavy atom. The van der Waals surface area contributed by atoms with E-state index in [9.17, 15) is 10.1 Å². The SMILES string of the molecule is N=C/C(=C\N)c1ccc([N+](=O)[O-])cc1. The third-order valence-electron chi connectivity index (χ3n) is 1.75. The highest BCUT2D eigenvalue weighted by Crippen LogP contribution is 2.16. The van der Waals surface area contributed by atoms with Gasteiger partial charge >= 0.3 is 0 Å². The van der Waals surface area contributed by atoms with E-state index in [1.54, 1.807) is 12.1 Å². The highest BCUT2D eigenvalue weighted by Gasteiger charge is 2.04. The fourth-order valence-electron chi connectivity index (χ4n) is 1.00. The van der Waals surface area contributed by atoms with E-state index in [0.717, 1.165) is 6.21 Å². The summed E-state index contributed by atoms with van der Waals surface area (Å²) in [6, 6.07) is 5.87. The van der Waals surface area contributed by atoms with E-state index in [4.69, 9.17) is 11.1 Å². The molecule has 0 heterocycles. The molecule has 1 rings (SSSR count). The number of rotatable bonds is 3. The molecule has 0 fully saturated rings. The monoisotopic (exact) mass is 191 g/mol. The lowest BCUT2D eigenvalue weighted by Crippen LogP contribution is -1.92. The third kappa shape index (κ3) is 1.95. The van der Waals surface area contributed by atoms with E-state index >= 15 is 0 Å². The van der Waals surface area contributed by atoms with E-state index in [2.05, 4.69) is 0 Å². The lowest BCUT2D eigenvalue weighted by Gasteiger charge is -1.99. The highest BCUT2D eigenvalue weighted by molar-refractivity contribution is 6.08. The maximum absolute atomic E-state index is 10.3. The summed E-state index contributed by atoms with van der Waals surface area (Å²) in [6.45, 7) is 0. The predicted molar refractivity (Wildman–Crippen MR) is 54.0 cm³/mol. The van der Waals surface area contributed by atoms with Crippen molar-refractivity contribution in [2.45, 2.75) is 0 Å². The molecule has 3 N–H and O–H groups in total. The van der Waals surface area contributed by atoms with Crippen molar-refractivity contribution in [3.05, 3.63) is 46.1 Å². The Morgan fingerprint density at radius 3 is 2.36 bits per heavy atom. The second-order valence-electron chi connectivity index (χ2n) is 2.57. The topological polar surface area (TPSA) is 93.0 Å². The molecule has 0 saturated heterocycles. The largest absolute Gasteiger partial charge is 0.404 e. The number of benzene rings is 1. The number of allylic oxidation sites excluding steroid dienone is 1. The van der Waals surface area contributed by atoms with Crippen LogP contribution in [0.5, 0.6) is 0 Å². The number of nitrogens with zero attached hydrogens (tertiary/aromatic N) is 1. The summed E-state index contributed by atoms with van der Waals surface area (Å²) in [4.78, 5) is 9.87. The summed E-state index contributed by atoms with van der Waals surface area (Å²) in [5.74, 6) is 0. The number of nitrogens with one attached hydrogen (secondary N) is 1. The molecule has 0 bridgehead atoms. The fourth-order valence-corrected chi connectivity index (χ4v) is 1.00. The first-order valence-electron chi connectivity index (χ1n) is 3.86. The van der Waals surface area contributed by atoms with E-state index in [-0.39, 0.29) is 5.69 Å². The average Bonchev–Trinajstić information content (AvgIpc) is 2.20. The molecule has 0 aromatic heterocycles. The molecule has 14 heavy (non-hydrogen) atoms. The zero-order valence-corrected chi connectivity index (χ0v) is 7.31. The van der Waals surface area contributed by atoms with E-state index in [0.29, 0.717) is 11.1 Å². The van der Waals surface area contributed by atoms with Crippen LogP contribution in [0.3, 0.4) is 0 Å². The minimum Gasteiger partial charge on any atom is -0.404 e. The standard InChI is InChI=1S/C9H9N3O2/c10-5-8(6-11)7-1-3-9(4-2-7)12(13)14/h1-6,10H,11H2/b8-6+,10-5?. The Kier molecular flexibility index (Phi) is 2.96. The van der Waals surface area contributed by atoms with Crippen LogP contribution in [-0.2, 0) is 0 Å². The lowest BCUT2D eigenvalue weighted by atomic mass is 10.1. The molecule has 5 heteroatoms. The lowest BCUT2D eigenvalue weighted by molar-refractivity contribution is -0.384. The van der Waals surface area contributed by atoms with Gasteiger partial charge in [0.15, 0.2) is 0 Å². The third-order valence-corrected chi connectivity index (χ3v) is 1.75. The van der Waals surface area contributed by atoms with Crippen LogP contribution in [-0.4, -0.2) is 11.1 Å². The first kappa shape index (κ1) is 9.91. The van der Waals surface area contributed by atoms with Gasteiger partial charge in [0.1, 0.15) is 0 Å². The van der Waals surface area contributed by atoms with Gasteiger partial charge in [-0.2, -0.15) is 0 Å². The van der Waals surface area contributed by atoms with Crippen molar-refractivity contribution >= 4 is 17.5 Å². The van der Waals surface area contributed by atoms with Crippen LogP contribution in [0.15, 0.2) is 30.5 Å². The molecular weight excluding hydrogens is 182 g/mol. The molecule has 0 aliphatic carbocycles. The van der Waals surface area contributed by atoms with Gasteiger partial charge in [-0.15, -0.1) is 0 Å². The summed E-state index contributed by atoms with van der Waals surface area (Å²) >= 11 is 0. The number of hydrogen-bond donors (Lipinski definition) is 2. The van der Waals surface area contributed by atoms with Gasteiger partial charge in [-0.1, -0.05) is 0 Å². The van der Waals surface area contributed by atoms with Crippen LogP contribution >= 0.6 is 0 Å². The molecule has 0 aliphatic rings. The first-order valence-corrected chi connectivity index (χ1v) is 3.86. The fraction of sp³-hybridized carbons (Fsp3) is 0. The molecule has 0 saturated carbocycles. The molecule has 0 spiro atoms. The molecule has 0 amide bonds. The maximum Gasteiger partial charge on any atom is 0.269 e. The highest BCUT2D eigenvalue weighted by atomic mass is 16.6. The molecular formula is C9H9N3O2. The minimum atomic E-state index is -0.472. The second kappa shape index (κ2) is 4.18. The molecule has 0 atom stereocenters. The molecule has 72 valence electrons. The molecule has 0 radical (unpaired) electrons. The van der Waals surface area contributed by atoms with Crippen LogP contribution in [0, 0.1) is 15.5 Å². The van der Waals surface area contributed by atoms with Gasteiger partial charge in [0.2, 0.25) is 0 Å². The summed E-state index contributed by atoms with van der Waals surface area (Å²) in [7, 11) is 0. The summed E-state index contributed by atoms with van der Waals surface area (Å²) in [5.41, 5.74) is 6.50. The predicted octanol–water partition coefficient (Wildman–Crippen LogP) is 1.54. The van der Waals surface area contributed by atoms with Gasteiger partial charge in [-0.25, -0.2) is 0 Å². The van der Waals surface area contributed by atoms with Crippen molar-refractivity contribution in [1.29, 1.82) is 5.41 Å². The van der Waals surface area contributed by atoms with E-state index in [1.807, 2.05) is 0 Å². The minimum absolute atomic E-state index is 0.0232. The summed E-state index contributed by atoms with van der Waals surface area (Å²) in [5, 5.41) is 17.4. The van der Waals surface area contributed by atoms with Gasteiger partial charge in [-0.3, -0.25) is 10.1 Å². The van der Waals surface area contributed by atoms with Crippen LogP contribution < -0.4 is 5.73 Å². The Bertz CT molecular complexity index is 382. The van der Waals surface area contributed by atoms with Gasteiger partial charge in [-0.05, 0) is 17.7 Å². The summed E-state index contributed by atoms with van der Waals surface area (Å²) in [6.07, 6.45) is 2.38. The number of nitrogens with two attached hydrogens (primary N) is 1. The molecule has 0 unspecified atom stereocenters. The van der Waals surface area contributed by atoms with Crippen LogP contribution in [0.25, 0.3) is 5.57 Å². The second-order valence-corrected chi connectivity index (χ2v) is 2.57. The van der Waals surface area contributed by atoms with E-state index < -0.39 is 4.92 Å². The smallest absolute Gasteiger partial charge is 0.269 e. The van der Waals surface area contributed by atoms with Crippen molar-refractivity contribution in [1.82, 2.24) is 0 Å². The van der Waals surface area contributed by atoms with Crippen LogP contribution in [0.4, 0.5) is 5.69 Å².